The zero-order valence-corrected chi connectivity index (χ0v) is 16.9. The third-order valence-electron chi connectivity index (χ3n) is 4.46. The van der Waals surface area contributed by atoms with E-state index in [2.05, 4.69) is 30.0 Å². The van der Waals surface area contributed by atoms with Crippen LogP contribution in [-0.4, -0.2) is 32.7 Å². The first kappa shape index (κ1) is 22.2. The Bertz CT molecular complexity index is 656. The standard InChI is InChI=1S/C25H32O3/c1-26-24-21-27-25(28-22-24)20-16-11-9-7-5-3-2-4-6-8-10-13-17-23-18-14-12-15-19-23/h4,6,8,10,12-15,17-19,24-25H,5,7,9,11,16,20-22H2,1H3/b6-4+,10-8+,17-13+. The van der Waals surface area contributed by atoms with Crippen molar-refractivity contribution in [3.05, 3.63) is 66.3 Å². The molecule has 2 rings (SSSR count). The fourth-order valence-corrected chi connectivity index (χ4v) is 2.80. The van der Waals surface area contributed by atoms with Crippen LogP contribution < -0.4 is 0 Å². The van der Waals surface area contributed by atoms with Crippen LogP contribution in [0, 0.1) is 11.8 Å². The summed E-state index contributed by atoms with van der Waals surface area (Å²) in [6, 6.07) is 10.3. The second-order valence-corrected chi connectivity index (χ2v) is 6.74. The summed E-state index contributed by atoms with van der Waals surface area (Å²) in [6.45, 7) is 1.28. The lowest BCUT2D eigenvalue weighted by molar-refractivity contribution is -0.223. The van der Waals surface area contributed by atoms with Crippen molar-refractivity contribution in [1.29, 1.82) is 0 Å². The normalized spacial score (nSPS) is 20.0. The Morgan fingerprint density at radius 3 is 2.50 bits per heavy atom. The zero-order chi connectivity index (χ0) is 19.7. The molecule has 0 aromatic heterocycles. The lowest BCUT2D eigenvalue weighted by Crippen LogP contribution is -2.36. The quantitative estimate of drug-likeness (QED) is 0.303. The number of benzene rings is 1. The SMILES string of the molecule is COC1COC(CCCCCCC#C/C=C/C=C/C=C/c2ccccc2)OC1. The predicted molar refractivity (Wildman–Crippen MR) is 116 cm³/mol. The van der Waals surface area contributed by atoms with Crippen LogP contribution in [0.2, 0.25) is 0 Å². The summed E-state index contributed by atoms with van der Waals surface area (Å²) < 4.78 is 16.5. The molecule has 1 aliphatic rings. The van der Waals surface area contributed by atoms with E-state index >= 15 is 0 Å². The maximum absolute atomic E-state index is 5.62. The van der Waals surface area contributed by atoms with E-state index in [1.54, 1.807) is 7.11 Å². The number of ether oxygens (including phenoxy) is 3. The lowest BCUT2D eigenvalue weighted by Gasteiger charge is -2.28. The van der Waals surface area contributed by atoms with E-state index < -0.39 is 0 Å². The van der Waals surface area contributed by atoms with Gasteiger partial charge in [0.15, 0.2) is 6.29 Å². The predicted octanol–water partition coefficient (Wildman–Crippen LogP) is 5.54. The van der Waals surface area contributed by atoms with Gasteiger partial charge in [0.25, 0.3) is 0 Å². The van der Waals surface area contributed by atoms with E-state index in [9.17, 15) is 0 Å². The Morgan fingerprint density at radius 1 is 0.964 bits per heavy atom. The lowest BCUT2D eigenvalue weighted by atomic mass is 10.1. The van der Waals surface area contributed by atoms with Crippen molar-refractivity contribution >= 4 is 6.08 Å². The maximum Gasteiger partial charge on any atom is 0.157 e. The van der Waals surface area contributed by atoms with Crippen molar-refractivity contribution in [1.82, 2.24) is 0 Å². The summed E-state index contributed by atoms with van der Waals surface area (Å²) in [7, 11) is 1.69. The van der Waals surface area contributed by atoms with Crippen LogP contribution in [0.4, 0.5) is 0 Å². The number of hydrogen-bond donors (Lipinski definition) is 0. The number of allylic oxidation sites excluding steroid dienone is 5. The molecule has 1 aromatic carbocycles. The van der Waals surface area contributed by atoms with Gasteiger partial charge in [0.1, 0.15) is 6.10 Å². The molecule has 150 valence electrons. The molecule has 1 saturated heterocycles. The van der Waals surface area contributed by atoms with Crippen molar-refractivity contribution < 1.29 is 14.2 Å². The molecule has 0 atom stereocenters. The highest BCUT2D eigenvalue weighted by Crippen LogP contribution is 2.15. The molecule has 3 heteroatoms. The first-order valence-corrected chi connectivity index (χ1v) is 10.2. The number of unbranched alkanes of at least 4 members (excludes halogenated alkanes) is 4. The van der Waals surface area contributed by atoms with E-state index in [1.807, 2.05) is 48.6 Å². The summed E-state index contributed by atoms with van der Waals surface area (Å²) in [5.74, 6) is 6.29. The van der Waals surface area contributed by atoms with Crippen molar-refractivity contribution in [3.63, 3.8) is 0 Å². The highest BCUT2D eigenvalue weighted by atomic mass is 16.7. The summed E-state index contributed by atoms with van der Waals surface area (Å²) in [6.07, 6.45) is 18.6. The van der Waals surface area contributed by atoms with Crippen molar-refractivity contribution in [3.8, 4) is 11.8 Å². The van der Waals surface area contributed by atoms with Gasteiger partial charge < -0.3 is 14.2 Å². The van der Waals surface area contributed by atoms with Crippen LogP contribution in [0.1, 0.15) is 44.1 Å². The average molecular weight is 381 g/mol. The molecular weight excluding hydrogens is 348 g/mol. The van der Waals surface area contributed by atoms with Gasteiger partial charge in [-0.3, -0.25) is 0 Å². The molecule has 3 nitrogen and oxygen atoms in total. The number of rotatable bonds is 10. The van der Waals surface area contributed by atoms with E-state index in [0.717, 1.165) is 25.7 Å². The minimum Gasteiger partial charge on any atom is -0.377 e. The summed E-state index contributed by atoms with van der Waals surface area (Å²) in [4.78, 5) is 0. The molecule has 1 aliphatic heterocycles. The third-order valence-corrected chi connectivity index (χ3v) is 4.46. The van der Waals surface area contributed by atoms with Crippen LogP contribution in [0.5, 0.6) is 0 Å². The minimum absolute atomic E-state index is 0.0491. The Kier molecular flexibility index (Phi) is 11.8. The van der Waals surface area contributed by atoms with Gasteiger partial charge in [-0.25, -0.2) is 0 Å². The Hall–Kier alpha value is -2.12. The Morgan fingerprint density at radius 2 is 1.71 bits per heavy atom. The average Bonchev–Trinajstić information content (AvgIpc) is 2.75. The summed E-state index contributed by atoms with van der Waals surface area (Å²) in [5, 5.41) is 0. The second-order valence-electron chi connectivity index (χ2n) is 6.74. The highest BCUT2D eigenvalue weighted by molar-refractivity contribution is 5.50. The molecule has 0 saturated carbocycles. The second kappa shape index (κ2) is 14.9. The van der Waals surface area contributed by atoms with Crippen molar-refractivity contribution in [2.24, 2.45) is 0 Å². The molecular formula is C25H32O3. The van der Waals surface area contributed by atoms with Gasteiger partial charge in [-0.2, -0.15) is 0 Å². The van der Waals surface area contributed by atoms with Gasteiger partial charge in [0.2, 0.25) is 0 Å². The fraction of sp³-hybridized carbons (Fsp3) is 0.440. The number of methoxy groups -OCH3 is 1. The summed E-state index contributed by atoms with van der Waals surface area (Å²) in [5.41, 5.74) is 1.20. The van der Waals surface area contributed by atoms with Gasteiger partial charge >= 0.3 is 0 Å². The fourth-order valence-electron chi connectivity index (χ4n) is 2.80. The van der Waals surface area contributed by atoms with Gasteiger partial charge in [-0.1, -0.05) is 85.4 Å². The molecule has 1 aromatic rings. The van der Waals surface area contributed by atoms with Crippen molar-refractivity contribution in [2.75, 3.05) is 20.3 Å². The smallest absolute Gasteiger partial charge is 0.157 e. The third kappa shape index (κ3) is 10.3. The first-order chi connectivity index (χ1) is 13.9. The zero-order valence-electron chi connectivity index (χ0n) is 16.9. The van der Waals surface area contributed by atoms with Gasteiger partial charge in [0.05, 0.1) is 13.2 Å². The number of hydrogen-bond acceptors (Lipinski definition) is 3. The molecule has 0 bridgehead atoms. The van der Waals surface area contributed by atoms with Gasteiger partial charge in [-0.15, -0.1) is 0 Å². The molecule has 1 heterocycles. The van der Waals surface area contributed by atoms with Crippen LogP contribution in [0.25, 0.3) is 6.08 Å². The van der Waals surface area contributed by atoms with Crippen molar-refractivity contribution in [2.45, 2.75) is 50.9 Å². The van der Waals surface area contributed by atoms with Crippen LogP contribution >= 0.6 is 0 Å². The molecule has 0 radical (unpaired) electrons. The Labute approximate surface area is 170 Å². The van der Waals surface area contributed by atoms with Crippen LogP contribution in [0.3, 0.4) is 0 Å². The van der Waals surface area contributed by atoms with Crippen LogP contribution in [-0.2, 0) is 14.2 Å². The molecule has 0 amide bonds. The van der Waals surface area contributed by atoms with E-state index in [-0.39, 0.29) is 12.4 Å². The minimum atomic E-state index is -0.0491. The van der Waals surface area contributed by atoms with E-state index in [1.165, 1.54) is 18.4 Å². The van der Waals surface area contributed by atoms with Crippen LogP contribution in [0.15, 0.2) is 60.7 Å². The summed E-state index contributed by atoms with van der Waals surface area (Å²) >= 11 is 0. The molecule has 0 unspecified atom stereocenters. The van der Waals surface area contributed by atoms with Gasteiger partial charge in [-0.05, 0) is 30.9 Å². The van der Waals surface area contributed by atoms with E-state index in [4.69, 9.17) is 14.2 Å². The monoisotopic (exact) mass is 380 g/mol. The molecule has 28 heavy (non-hydrogen) atoms. The maximum atomic E-state index is 5.62. The van der Waals surface area contributed by atoms with E-state index in [0.29, 0.717) is 13.2 Å². The highest BCUT2D eigenvalue weighted by Gasteiger charge is 2.21. The largest absolute Gasteiger partial charge is 0.377 e. The molecule has 1 fully saturated rings. The Balaban J connectivity index is 1.44. The topological polar surface area (TPSA) is 27.7 Å². The molecule has 0 N–H and O–H groups in total. The molecule has 0 aliphatic carbocycles. The van der Waals surface area contributed by atoms with Gasteiger partial charge in [0, 0.05) is 13.5 Å². The molecule has 0 spiro atoms. The first-order valence-electron chi connectivity index (χ1n) is 10.2.